The number of unbranched alkanes of at least 4 members (excludes halogenated alkanes) is 2. The van der Waals surface area contributed by atoms with Gasteiger partial charge >= 0.3 is 53.1 Å². The molecule has 2 radical (unpaired) electrons. The molecule has 0 spiro atoms. The summed E-state index contributed by atoms with van der Waals surface area (Å²) in [4.78, 5) is 0. The largest absolute Gasteiger partial charge is 0.456 e. The molecular weight excluding hydrogens is 830 g/mol. The van der Waals surface area contributed by atoms with E-state index in [2.05, 4.69) is 25.7 Å². The van der Waals surface area contributed by atoms with Crippen molar-refractivity contribution in [2.45, 2.75) is 39.5 Å². The Balaban J connectivity index is -0.0000000310. The molecule has 0 saturated carbocycles. The monoisotopic (exact) mass is 844 g/mol. The first kappa shape index (κ1) is 60.6. The molecule has 0 aliphatic carbocycles. The molecule has 0 atom stereocenters. The summed E-state index contributed by atoms with van der Waals surface area (Å²) in [7, 11) is -24.7. The van der Waals surface area contributed by atoms with E-state index < -0.39 is 53.1 Å². The van der Waals surface area contributed by atoms with Gasteiger partial charge in [-0.25, -0.2) is 0 Å². The van der Waals surface area contributed by atoms with Crippen LogP contribution in [0, 0.1) is 11.8 Å². The molecule has 0 amide bonds. The quantitative estimate of drug-likeness (QED) is 0.112. The van der Waals surface area contributed by atoms with E-state index in [9.17, 15) is 75.5 Å². The Labute approximate surface area is 218 Å². The molecule has 0 unspecified atom stereocenters. The van der Waals surface area contributed by atoms with Gasteiger partial charge in [0.05, 0.1) is 0 Å². The first-order valence-corrected chi connectivity index (χ1v) is 12.5. The maximum absolute atomic E-state index is 9.73. The topological polar surface area (TPSA) is 0 Å². The third-order valence-electron chi connectivity index (χ3n) is 0.875. The second kappa shape index (κ2) is 59.9. The minimum Gasteiger partial charge on any atom is -0.152 e. The van der Waals surface area contributed by atoms with Crippen LogP contribution in [0.15, 0.2) is 0 Å². The van der Waals surface area contributed by atoms with E-state index in [1.165, 1.54) is 12.8 Å². The predicted octanol–water partition coefficient (Wildman–Crippen LogP) is 15.3. The average Bonchev–Trinajstić information content (AvgIpc) is 2.48. The van der Waals surface area contributed by atoms with Crippen LogP contribution in [0.25, 0.3) is 0 Å². The summed E-state index contributed by atoms with van der Waals surface area (Å²) < 4.78 is 175. The van der Waals surface area contributed by atoms with Gasteiger partial charge in [0.15, 0.2) is 0 Å². The van der Waals surface area contributed by atoms with Crippen molar-refractivity contribution in [3.63, 3.8) is 0 Å². The third kappa shape index (κ3) is 737. The molecule has 0 aromatic heterocycles. The van der Waals surface area contributed by atoms with Crippen molar-refractivity contribution in [1.29, 1.82) is 0 Å². The van der Waals surface area contributed by atoms with Gasteiger partial charge in [0.2, 0.25) is 0 Å². The number of rotatable bonds is 2. The zero-order chi connectivity index (χ0) is 27.7. The SMILES string of the molecule is CCCC#CCCC.FP(F)F.FP(F)F.FP(F)F.FP(F)F.FP(F)F.FP(F)F.[Rh].[Rh]. The van der Waals surface area contributed by atoms with Crippen LogP contribution in [-0.2, 0) is 39.0 Å². The minimum atomic E-state index is -4.12. The van der Waals surface area contributed by atoms with Gasteiger partial charge in [0.1, 0.15) is 0 Å². The van der Waals surface area contributed by atoms with Crippen LogP contribution in [0.2, 0.25) is 0 Å². The van der Waals surface area contributed by atoms with Crippen LogP contribution in [0.4, 0.5) is 75.5 Å². The first-order valence-electron chi connectivity index (χ1n) is 6.41. The van der Waals surface area contributed by atoms with Crippen molar-refractivity contribution < 1.29 is 115 Å². The summed E-state index contributed by atoms with van der Waals surface area (Å²) in [6, 6.07) is 0. The summed E-state index contributed by atoms with van der Waals surface area (Å²) >= 11 is 0. The molecule has 0 bridgehead atoms. The molecule has 220 valence electrons. The van der Waals surface area contributed by atoms with E-state index in [-0.39, 0.29) is 39.0 Å². The molecule has 0 aliphatic heterocycles. The summed E-state index contributed by atoms with van der Waals surface area (Å²) in [5, 5.41) is 0. The molecule has 26 heteroatoms. The Morgan fingerprint density at radius 2 is 0.441 bits per heavy atom. The van der Waals surface area contributed by atoms with Gasteiger partial charge in [0, 0.05) is 51.8 Å². The zero-order valence-electron chi connectivity index (χ0n) is 16.0. The molecule has 0 saturated heterocycles. The van der Waals surface area contributed by atoms with Crippen LogP contribution < -0.4 is 0 Å². The molecule has 0 fully saturated rings. The number of hydrogen-bond donors (Lipinski definition) is 0. The van der Waals surface area contributed by atoms with Gasteiger partial charge in [-0.1, -0.05) is 13.8 Å². The van der Waals surface area contributed by atoms with E-state index in [0.29, 0.717) is 0 Å². The van der Waals surface area contributed by atoms with Gasteiger partial charge in [-0.15, -0.1) is 11.8 Å². The van der Waals surface area contributed by atoms with Crippen molar-refractivity contribution in [2.75, 3.05) is 0 Å². The van der Waals surface area contributed by atoms with Gasteiger partial charge in [-0.2, -0.15) is 75.5 Å². The molecular formula is C8H14F18P6Rh2. The van der Waals surface area contributed by atoms with Gasteiger partial charge in [-0.3, -0.25) is 0 Å². The van der Waals surface area contributed by atoms with Crippen LogP contribution in [0.1, 0.15) is 39.5 Å². The number of hydrogen-bond acceptors (Lipinski definition) is 0. The number of halogens is 18. The zero-order valence-corrected chi connectivity index (χ0v) is 24.6. The van der Waals surface area contributed by atoms with E-state index in [0.717, 1.165) is 12.8 Å². The molecule has 0 N–H and O–H groups in total. The van der Waals surface area contributed by atoms with Gasteiger partial charge in [0.25, 0.3) is 0 Å². The third-order valence-corrected chi connectivity index (χ3v) is 0.875. The van der Waals surface area contributed by atoms with E-state index >= 15 is 0 Å². The van der Waals surface area contributed by atoms with E-state index in [1.807, 2.05) is 0 Å². The Kier molecular flexibility index (Phi) is 107. The summed E-state index contributed by atoms with van der Waals surface area (Å²) in [6.45, 7) is 4.31. The second-order valence-corrected chi connectivity index (χ2v) is 5.30. The molecule has 0 aliphatic rings. The maximum atomic E-state index is 9.73. The van der Waals surface area contributed by atoms with E-state index in [1.54, 1.807) is 0 Å². The second-order valence-electron chi connectivity index (χ2n) is 3.00. The van der Waals surface area contributed by atoms with Gasteiger partial charge in [-0.05, 0) is 12.8 Å². The summed E-state index contributed by atoms with van der Waals surface area (Å²) in [5.41, 5.74) is 0. The van der Waals surface area contributed by atoms with Crippen LogP contribution in [0.5, 0.6) is 0 Å². The minimum absolute atomic E-state index is 0. The fourth-order valence-electron chi connectivity index (χ4n) is 0.427. The van der Waals surface area contributed by atoms with Crippen LogP contribution >= 0.6 is 53.1 Å². The van der Waals surface area contributed by atoms with Gasteiger partial charge < -0.3 is 0 Å². The predicted molar refractivity (Wildman–Crippen MR) is 99.1 cm³/mol. The standard InChI is InChI=1S/C8H14.6F3P.2Rh/c1-3-5-7-8-6-4-2;6*1-4(2)3;;/h3-6H2,1-2H3;;;;;;;;. The Morgan fingerprint density at radius 1 is 0.353 bits per heavy atom. The summed E-state index contributed by atoms with van der Waals surface area (Å²) in [6.07, 6.45) is 4.52. The van der Waals surface area contributed by atoms with Crippen molar-refractivity contribution in [1.82, 2.24) is 0 Å². The van der Waals surface area contributed by atoms with Crippen molar-refractivity contribution in [3.8, 4) is 11.8 Å². The van der Waals surface area contributed by atoms with Crippen molar-refractivity contribution in [2.24, 2.45) is 0 Å². The smallest absolute Gasteiger partial charge is 0.152 e. The molecule has 0 aromatic rings. The molecule has 0 aromatic carbocycles. The first-order chi connectivity index (χ1) is 14.3. The molecule has 0 rings (SSSR count). The van der Waals surface area contributed by atoms with Crippen molar-refractivity contribution in [3.05, 3.63) is 0 Å². The normalized spacial score (nSPS) is 8.18. The maximum Gasteiger partial charge on any atom is 0.456 e. The molecule has 34 heavy (non-hydrogen) atoms. The van der Waals surface area contributed by atoms with E-state index in [4.69, 9.17) is 0 Å². The fraction of sp³-hybridized carbons (Fsp3) is 0.750. The van der Waals surface area contributed by atoms with Crippen molar-refractivity contribution >= 4 is 53.1 Å². The summed E-state index contributed by atoms with van der Waals surface area (Å²) in [5.74, 6) is 6.17. The molecule has 0 heterocycles. The average molecular weight is 844 g/mol. The van der Waals surface area contributed by atoms with Crippen LogP contribution in [0.3, 0.4) is 0 Å². The Morgan fingerprint density at radius 3 is 0.500 bits per heavy atom. The Hall–Kier alpha value is 2.13. The fourth-order valence-corrected chi connectivity index (χ4v) is 0.427. The molecule has 0 nitrogen and oxygen atoms in total. The van der Waals surface area contributed by atoms with Crippen LogP contribution in [-0.4, -0.2) is 0 Å². The Bertz CT molecular complexity index is 264.